The van der Waals surface area contributed by atoms with Gasteiger partial charge in [0.1, 0.15) is 0 Å². The van der Waals surface area contributed by atoms with Crippen molar-refractivity contribution in [2.75, 3.05) is 39.3 Å². The number of amides is 4. The van der Waals surface area contributed by atoms with E-state index in [1.807, 2.05) is 56.3 Å². The number of nitrogens with zero attached hydrogens (tertiary/aromatic N) is 3. The average molecular weight is 492 g/mol. The number of rotatable bonds is 6. The fourth-order valence-electron chi connectivity index (χ4n) is 4.43. The first kappa shape index (κ1) is 26.0. The van der Waals surface area contributed by atoms with Gasteiger partial charge in [0, 0.05) is 50.0 Å². The smallest absolute Gasteiger partial charge is 0.338 e. The predicted octanol–water partition coefficient (Wildman–Crippen LogP) is 3.17. The summed E-state index contributed by atoms with van der Waals surface area (Å²) in [6.07, 6.45) is 0. The largest absolute Gasteiger partial charge is 0.463 e. The van der Waals surface area contributed by atoms with Crippen molar-refractivity contribution in [2.24, 2.45) is 0 Å². The Bertz CT molecular complexity index is 924. The maximum atomic E-state index is 13.1. The van der Waals surface area contributed by atoms with Crippen LogP contribution in [-0.2, 0) is 9.53 Å². The number of nitrogens with one attached hydrogen (secondary N) is 2. The van der Waals surface area contributed by atoms with Crippen LogP contribution in [0.25, 0.3) is 0 Å². The first-order valence-electron chi connectivity index (χ1n) is 11.9. The molecule has 2 N–H and O–H groups in total. The summed E-state index contributed by atoms with van der Waals surface area (Å²) < 4.78 is 5.42. The molecule has 0 saturated carbocycles. The highest BCUT2D eigenvalue weighted by Gasteiger charge is 2.39. The SMILES string of the molecule is CCOC(=O)C1=C(CN2CCN(C(=O)NC(C)(C)C)C(C)C2)N(CC)C(=O)NC1c1ccsc1. The molecule has 0 spiro atoms. The first-order valence-corrected chi connectivity index (χ1v) is 12.8. The molecule has 3 heterocycles. The fourth-order valence-corrected chi connectivity index (χ4v) is 5.12. The van der Waals surface area contributed by atoms with Crippen LogP contribution in [0.1, 0.15) is 53.1 Å². The van der Waals surface area contributed by atoms with Crippen molar-refractivity contribution in [3.63, 3.8) is 0 Å². The number of piperazine rings is 1. The number of thiophene rings is 1. The van der Waals surface area contributed by atoms with Crippen LogP contribution in [-0.4, -0.2) is 83.6 Å². The second kappa shape index (κ2) is 10.8. The van der Waals surface area contributed by atoms with Crippen LogP contribution in [0.15, 0.2) is 28.1 Å². The maximum Gasteiger partial charge on any atom is 0.338 e. The summed E-state index contributed by atoms with van der Waals surface area (Å²) in [5, 5.41) is 9.89. The zero-order valence-corrected chi connectivity index (χ0v) is 21.8. The highest BCUT2D eigenvalue weighted by molar-refractivity contribution is 7.08. The molecule has 2 aliphatic heterocycles. The normalized spacial score (nSPS) is 22.0. The van der Waals surface area contributed by atoms with Crippen molar-refractivity contribution < 1.29 is 19.1 Å². The van der Waals surface area contributed by atoms with E-state index < -0.39 is 12.0 Å². The molecule has 3 rings (SSSR count). The molecule has 4 amide bonds. The van der Waals surface area contributed by atoms with Crippen LogP contribution in [0.5, 0.6) is 0 Å². The van der Waals surface area contributed by atoms with Gasteiger partial charge in [-0.25, -0.2) is 14.4 Å². The second-order valence-corrected chi connectivity index (χ2v) is 10.5. The van der Waals surface area contributed by atoms with Crippen LogP contribution in [0.4, 0.5) is 9.59 Å². The third-order valence-corrected chi connectivity index (χ3v) is 6.66. The molecule has 0 aromatic carbocycles. The van der Waals surface area contributed by atoms with E-state index in [4.69, 9.17) is 4.74 Å². The molecule has 0 aliphatic carbocycles. The molecular weight excluding hydrogens is 454 g/mol. The molecule has 2 atom stereocenters. The molecule has 0 bridgehead atoms. The number of hydrogen-bond donors (Lipinski definition) is 2. The lowest BCUT2D eigenvalue weighted by molar-refractivity contribution is -0.139. The Morgan fingerprint density at radius 3 is 2.56 bits per heavy atom. The van der Waals surface area contributed by atoms with E-state index in [1.165, 1.54) is 11.3 Å². The van der Waals surface area contributed by atoms with Crippen molar-refractivity contribution in [2.45, 2.75) is 59.2 Å². The summed E-state index contributed by atoms with van der Waals surface area (Å²) in [7, 11) is 0. The monoisotopic (exact) mass is 491 g/mol. The van der Waals surface area contributed by atoms with Gasteiger partial charge in [0.15, 0.2) is 0 Å². The van der Waals surface area contributed by atoms with Gasteiger partial charge in [-0.15, -0.1) is 0 Å². The van der Waals surface area contributed by atoms with Gasteiger partial charge in [-0.05, 0) is 63.9 Å². The highest BCUT2D eigenvalue weighted by Crippen LogP contribution is 2.33. The topological polar surface area (TPSA) is 94.2 Å². The van der Waals surface area contributed by atoms with Crippen molar-refractivity contribution in [1.82, 2.24) is 25.3 Å². The molecular formula is C24H37N5O4S. The molecule has 1 saturated heterocycles. The Balaban J connectivity index is 1.88. The summed E-state index contributed by atoms with van der Waals surface area (Å²) in [5.41, 5.74) is 1.70. The first-order chi connectivity index (χ1) is 16.1. The number of esters is 1. The van der Waals surface area contributed by atoms with E-state index in [1.54, 1.807) is 11.8 Å². The average Bonchev–Trinajstić information content (AvgIpc) is 3.27. The van der Waals surface area contributed by atoms with Crippen LogP contribution >= 0.6 is 11.3 Å². The van der Waals surface area contributed by atoms with Crippen molar-refractivity contribution in [3.05, 3.63) is 33.7 Å². The number of urea groups is 2. The van der Waals surface area contributed by atoms with E-state index in [0.29, 0.717) is 44.0 Å². The maximum absolute atomic E-state index is 13.1. The summed E-state index contributed by atoms with van der Waals surface area (Å²) in [6, 6.07) is 1.06. The van der Waals surface area contributed by atoms with Gasteiger partial charge in [-0.1, -0.05) is 0 Å². The van der Waals surface area contributed by atoms with Crippen LogP contribution in [0.2, 0.25) is 0 Å². The summed E-state index contributed by atoms with van der Waals surface area (Å²) >= 11 is 1.52. The standard InChI is InChI=1S/C24H37N5O4S/c1-7-28-18(14-27-10-11-29(16(3)13-27)23(32)26-24(4,5)6)19(21(30)33-8-2)20(25-22(28)31)17-9-12-34-15-17/h9,12,15-16,20H,7-8,10-11,13-14H2,1-6H3,(H,25,31)(H,26,32). The fraction of sp³-hybridized carbons (Fsp3) is 0.625. The van der Waals surface area contributed by atoms with E-state index in [-0.39, 0.29) is 30.2 Å². The highest BCUT2D eigenvalue weighted by atomic mass is 32.1. The minimum atomic E-state index is -0.549. The molecule has 10 heteroatoms. The van der Waals surface area contributed by atoms with Crippen molar-refractivity contribution in [1.29, 1.82) is 0 Å². The van der Waals surface area contributed by atoms with Crippen LogP contribution in [0, 0.1) is 0 Å². The molecule has 9 nitrogen and oxygen atoms in total. The van der Waals surface area contributed by atoms with Gasteiger partial charge < -0.3 is 20.3 Å². The van der Waals surface area contributed by atoms with E-state index in [2.05, 4.69) is 15.5 Å². The molecule has 188 valence electrons. The Kier molecular flexibility index (Phi) is 8.25. The van der Waals surface area contributed by atoms with Gasteiger partial charge in [0.05, 0.1) is 18.2 Å². The second-order valence-electron chi connectivity index (χ2n) is 9.72. The number of likely N-dealkylation sites (N-methyl/N-ethyl adjacent to an activating group) is 1. The van der Waals surface area contributed by atoms with Crippen molar-refractivity contribution >= 4 is 29.4 Å². The lowest BCUT2D eigenvalue weighted by atomic mass is 9.96. The predicted molar refractivity (Wildman–Crippen MR) is 133 cm³/mol. The molecule has 0 radical (unpaired) electrons. The van der Waals surface area contributed by atoms with Gasteiger partial charge in [0.25, 0.3) is 0 Å². The Labute approximate surface area is 206 Å². The molecule has 2 unspecified atom stereocenters. The zero-order valence-electron chi connectivity index (χ0n) is 21.0. The van der Waals surface area contributed by atoms with Gasteiger partial charge >= 0.3 is 18.0 Å². The summed E-state index contributed by atoms with van der Waals surface area (Å²) in [6.45, 7) is 14.6. The van der Waals surface area contributed by atoms with Gasteiger partial charge in [-0.2, -0.15) is 11.3 Å². The Morgan fingerprint density at radius 2 is 2.00 bits per heavy atom. The van der Waals surface area contributed by atoms with Gasteiger partial charge in [0.2, 0.25) is 0 Å². The Hall–Kier alpha value is -2.59. The number of carbonyl (C=O) groups is 3. The number of ether oxygens (including phenoxy) is 1. The lowest BCUT2D eigenvalue weighted by Crippen LogP contribution is -2.59. The third kappa shape index (κ3) is 5.90. The van der Waals surface area contributed by atoms with E-state index in [9.17, 15) is 14.4 Å². The summed E-state index contributed by atoms with van der Waals surface area (Å²) in [5.74, 6) is -0.414. The van der Waals surface area contributed by atoms with Crippen LogP contribution in [0.3, 0.4) is 0 Å². The lowest BCUT2D eigenvalue weighted by Gasteiger charge is -2.43. The molecule has 1 aromatic rings. The van der Waals surface area contributed by atoms with E-state index >= 15 is 0 Å². The zero-order chi connectivity index (χ0) is 25.0. The quantitative estimate of drug-likeness (QED) is 0.596. The van der Waals surface area contributed by atoms with Gasteiger partial charge in [-0.3, -0.25) is 9.80 Å². The number of hydrogen-bond acceptors (Lipinski definition) is 6. The van der Waals surface area contributed by atoms with Crippen LogP contribution < -0.4 is 10.6 Å². The minimum absolute atomic E-state index is 0.0112. The van der Waals surface area contributed by atoms with Crippen molar-refractivity contribution in [3.8, 4) is 0 Å². The molecule has 1 aromatic heterocycles. The molecule has 34 heavy (non-hydrogen) atoms. The third-order valence-electron chi connectivity index (χ3n) is 5.95. The molecule has 2 aliphatic rings. The summed E-state index contributed by atoms with van der Waals surface area (Å²) in [4.78, 5) is 44.5. The minimum Gasteiger partial charge on any atom is -0.463 e. The number of carbonyl (C=O) groups excluding carboxylic acids is 3. The Morgan fingerprint density at radius 1 is 1.26 bits per heavy atom. The molecule has 1 fully saturated rings. The van der Waals surface area contributed by atoms with E-state index in [0.717, 1.165) is 5.56 Å².